The standard InChI is InChI=1S/C30H32ClF3/c1-2-3-4-20-7-11-23(12-8-20)24-13-9-21(10-14-24)5-6-22-17-28(33)30(29(34)18-22)25-15-16-26(31)27(32)19-25/h7-8,11-12,15-19,21,24H,2-6,9-10,13-14H2,1H3/t21-,24-. The Kier molecular flexibility index (Phi) is 8.37. The molecular weight excluding hydrogens is 453 g/mol. The molecule has 180 valence electrons. The zero-order valence-electron chi connectivity index (χ0n) is 19.7. The van der Waals surface area contributed by atoms with Crippen molar-refractivity contribution in [3.8, 4) is 11.1 Å². The lowest BCUT2D eigenvalue weighted by Crippen LogP contribution is -2.14. The molecule has 3 aromatic carbocycles. The summed E-state index contributed by atoms with van der Waals surface area (Å²) in [6.07, 6.45) is 9.82. The summed E-state index contributed by atoms with van der Waals surface area (Å²) in [6, 6.07) is 15.8. The Morgan fingerprint density at radius 3 is 2.06 bits per heavy atom. The Labute approximate surface area is 206 Å². The van der Waals surface area contributed by atoms with Crippen molar-refractivity contribution >= 4 is 11.6 Å². The number of benzene rings is 3. The van der Waals surface area contributed by atoms with Crippen LogP contribution in [0, 0.1) is 23.4 Å². The Balaban J connectivity index is 1.32. The largest absolute Gasteiger partial charge is 0.206 e. The quantitative estimate of drug-likeness (QED) is 0.298. The molecule has 1 saturated carbocycles. The first kappa shape index (κ1) is 24.9. The van der Waals surface area contributed by atoms with Crippen LogP contribution in [0.3, 0.4) is 0 Å². The van der Waals surface area contributed by atoms with Gasteiger partial charge in [0.05, 0.1) is 10.6 Å². The van der Waals surface area contributed by atoms with Gasteiger partial charge in [-0.1, -0.05) is 55.3 Å². The van der Waals surface area contributed by atoms with Gasteiger partial charge in [0.1, 0.15) is 17.5 Å². The van der Waals surface area contributed by atoms with E-state index in [2.05, 4.69) is 31.2 Å². The van der Waals surface area contributed by atoms with E-state index in [4.69, 9.17) is 11.6 Å². The van der Waals surface area contributed by atoms with E-state index in [0.717, 1.165) is 31.7 Å². The van der Waals surface area contributed by atoms with Crippen molar-refractivity contribution in [3.05, 3.63) is 93.8 Å². The van der Waals surface area contributed by atoms with Crippen LogP contribution in [0.15, 0.2) is 54.6 Å². The highest BCUT2D eigenvalue weighted by atomic mass is 35.5. The van der Waals surface area contributed by atoms with Gasteiger partial charge in [0.2, 0.25) is 0 Å². The van der Waals surface area contributed by atoms with Crippen LogP contribution in [-0.2, 0) is 12.8 Å². The molecule has 4 rings (SSSR count). The summed E-state index contributed by atoms with van der Waals surface area (Å²) < 4.78 is 43.2. The van der Waals surface area contributed by atoms with Crippen molar-refractivity contribution in [2.24, 2.45) is 5.92 Å². The molecule has 1 aliphatic rings. The summed E-state index contributed by atoms with van der Waals surface area (Å²) in [5, 5.41) is -0.0695. The van der Waals surface area contributed by atoms with Gasteiger partial charge in [-0.25, -0.2) is 13.2 Å². The second kappa shape index (κ2) is 11.4. The van der Waals surface area contributed by atoms with Crippen LogP contribution in [0.4, 0.5) is 13.2 Å². The molecule has 0 amide bonds. The van der Waals surface area contributed by atoms with Gasteiger partial charge >= 0.3 is 0 Å². The summed E-state index contributed by atoms with van der Waals surface area (Å²) in [4.78, 5) is 0. The van der Waals surface area contributed by atoms with Crippen LogP contribution >= 0.6 is 11.6 Å². The predicted octanol–water partition coefficient (Wildman–Crippen LogP) is 9.67. The van der Waals surface area contributed by atoms with Gasteiger partial charge in [-0.2, -0.15) is 0 Å². The molecule has 1 fully saturated rings. The minimum Gasteiger partial charge on any atom is -0.206 e. The molecule has 0 aliphatic heterocycles. The molecule has 1 aliphatic carbocycles. The molecule has 4 heteroatoms. The topological polar surface area (TPSA) is 0 Å². The molecule has 0 bridgehead atoms. The summed E-state index contributed by atoms with van der Waals surface area (Å²) >= 11 is 5.69. The van der Waals surface area contributed by atoms with Crippen LogP contribution in [0.1, 0.15) is 74.5 Å². The van der Waals surface area contributed by atoms with Crippen molar-refractivity contribution in [1.29, 1.82) is 0 Å². The van der Waals surface area contributed by atoms with Crippen LogP contribution in [0.2, 0.25) is 5.02 Å². The summed E-state index contributed by atoms with van der Waals surface area (Å²) in [5.41, 5.74) is 3.46. The molecule has 0 atom stereocenters. The van der Waals surface area contributed by atoms with Crippen LogP contribution < -0.4 is 0 Å². The first-order valence-electron chi connectivity index (χ1n) is 12.5. The van der Waals surface area contributed by atoms with Gasteiger partial charge in [0.25, 0.3) is 0 Å². The first-order valence-corrected chi connectivity index (χ1v) is 12.8. The molecule has 0 aromatic heterocycles. The number of aryl methyl sites for hydroxylation is 2. The van der Waals surface area contributed by atoms with Crippen molar-refractivity contribution in [3.63, 3.8) is 0 Å². The molecule has 34 heavy (non-hydrogen) atoms. The lowest BCUT2D eigenvalue weighted by Gasteiger charge is -2.29. The minimum absolute atomic E-state index is 0.0695. The molecule has 0 spiro atoms. The van der Waals surface area contributed by atoms with Crippen molar-refractivity contribution in [2.75, 3.05) is 0 Å². The summed E-state index contributed by atoms with van der Waals surface area (Å²) in [5.74, 6) is -0.822. The van der Waals surface area contributed by atoms with Gasteiger partial charge < -0.3 is 0 Å². The van der Waals surface area contributed by atoms with E-state index < -0.39 is 17.5 Å². The zero-order valence-corrected chi connectivity index (χ0v) is 20.5. The second-order valence-corrected chi connectivity index (χ2v) is 10.1. The Hall–Kier alpha value is -2.26. The van der Waals surface area contributed by atoms with Crippen LogP contribution in [0.25, 0.3) is 11.1 Å². The third-order valence-electron chi connectivity index (χ3n) is 7.27. The predicted molar refractivity (Wildman–Crippen MR) is 135 cm³/mol. The van der Waals surface area contributed by atoms with Crippen LogP contribution in [-0.4, -0.2) is 0 Å². The number of hydrogen-bond acceptors (Lipinski definition) is 0. The molecule has 3 aromatic rings. The average molecular weight is 485 g/mol. The van der Waals surface area contributed by atoms with E-state index in [1.807, 2.05) is 0 Å². The third kappa shape index (κ3) is 6.05. The Bertz CT molecular complexity index is 1080. The normalized spacial score (nSPS) is 18.3. The van der Waals surface area contributed by atoms with Crippen LogP contribution in [0.5, 0.6) is 0 Å². The zero-order chi connectivity index (χ0) is 24.1. The third-order valence-corrected chi connectivity index (χ3v) is 7.57. The van der Waals surface area contributed by atoms with Gasteiger partial charge in [-0.05, 0) is 110 Å². The number of unbranched alkanes of at least 4 members (excludes halogenated alkanes) is 1. The van der Waals surface area contributed by atoms with E-state index in [1.54, 1.807) is 0 Å². The van der Waals surface area contributed by atoms with E-state index >= 15 is 0 Å². The summed E-state index contributed by atoms with van der Waals surface area (Å²) in [6.45, 7) is 2.22. The van der Waals surface area contributed by atoms with Crippen molar-refractivity contribution < 1.29 is 13.2 Å². The van der Waals surface area contributed by atoms with Crippen molar-refractivity contribution in [1.82, 2.24) is 0 Å². The Morgan fingerprint density at radius 1 is 0.765 bits per heavy atom. The fourth-order valence-electron chi connectivity index (χ4n) is 5.19. The molecule has 0 saturated heterocycles. The molecule has 0 unspecified atom stereocenters. The highest BCUT2D eigenvalue weighted by molar-refractivity contribution is 6.30. The van der Waals surface area contributed by atoms with Gasteiger partial charge in [-0.3, -0.25) is 0 Å². The molecule has 0 radical (unpaired) electrons. The lowest BCUT2D eigenvalue weighted by molar-refractivity contribution is 0.310. The van der Waals surface area contributed by atoms with E-state index in [-0.39, 0.29) is 16.1 Å². The fourth-order valence-corrected chi connectivity index (χ4v) is 5.31. The molecule has 0 N–H and O–H groups in total. The number of halogens is 4. The molecule has 0 heterocycles. The highest BCUT2D eigenvalue weighted by Gasteiger charge is 2.23. The Morgan fingerprint density at radius 2 is 1.44 bits per heavy atom. The van der Waals surface area contributed by atoms with E-state index in [9.17, 15) is 13.2 Å². The number of hydrogen-bond donors (Lipinski definition) is 0. The van der Waals surface area contributed by atoms with Gasteiger partial charge in [0, 0.05) is 0 Å². The molecule has 0 nitrogen and oxygen atoms in total. The fraction of sp³-hybridized carbons (Fsp3) is 0.400. The van der Waals surface area contributed by atoms with E-state index in [0.29, 0.717) is 23.8 Å². The monoisotopic (exact) mass is 484 g/mol. The maximum Gasteiger partial charge on any atom is 0.142 e. The number of rotatable bonds is 8. The maximum atomic E-state index is 14.7. The maximum absolute atomic E-state index is 14.7. The highest BCUT2D eigenvalue weighted by Crippen LogP contribution is 2.38. The second-order valence-electron chi connectivity index (χ2n) is 9.66. The first-order chi connectivity index (χ1) is 16.4. The average Bonchev–Trinajstić information content (AvgIpc) is 2.84. The van der Waals surface area contributed by atoms with E-state index in [1.165, 1.54) is 61.1 Å². The molecular formula is C30H32ClF3. The summed E-state index contributed by atoms with van der Waals surface area (Å²) in [7, 11) is 0. The smallest absolute Gasteiger partial charge is 0.142 e. The van der Waals surface area contributed by atoms with Crippen molar-refractivity contribution in [2.45, 2.75) is 70.6 Å². The lowest BCUT2D eigenvalue weighted by atomic mass is 9.76. The SMILES string of the molecule is CCCCc1ccc([C@H]2CC[C@H](CCc3cc(F)c(-c4ccc(Cl)c(F)c4)c(F)c3)CC2)cc1. The van der Waals surface area contributed by atoms with Gasteiger partial charge in [-0.15, -0.1) is 0 Å². The minimum atomic E-state index is -0.690. The van der Waals surface area contributed by atoms with Gasteiger partial charge in [0.15, 0.2) is 0 Å².